The summed E-state index contributed by atoms with van der Waals surface area (Å²) in [5, 5.41) is 3.18. The Hall–Kier alpha value is -2.87. The smallest absolute Gasteiger partial charge is 0.387 e. The number of hydrogen-bond acceptors (Lipinski definition) is 4. The first kappa shape index (κ1) is 21.8. The summed E-state index contributed by atoms with van der Waals surface area (Å²) in [4.78, 5) is 26.2. The summed E-state index contributed by atoms with van der Waals surface area (Å²) in [7, 11) is 0. The molecule has 1 N–H and O–H groups in total. The Morgan fingerprint density at radius 2 is 1.83 bits per heavy atom. The number of ether oxygens (including phenoxy) is 2. The Morgan fingerprint density at radius 3 is 2.50 bits per heavy atom. The Balaban J connectivity index is 1.54. The van der Waals surface area contributed by atoms with Crippen LogP contribution in [0.3, 0.4) is 0 Å². The van der Waals surface area contributed by atoms with Crippen LogP contribution >= 0.6 is 11.6 Å². The number of carbonyl (C=O) groups excluding carboxylic acids is 2. The van der Waals surface area contributed by atoms with Crippen molar-refractivity contribution < 1.29 is 27.8 Å². The monoisotopic (exact) mass is 438 g/mol. The van der Waals surface area contributed by atoms with Crippen molar-refractivity contribution in [1.29, 1.82) is 0 Å². The van der Waals surface area contributed by atoms with E-state index in [4.69, 9.17) is 16.3 Å². The summed E-state index contributed by atoms with van der Waals surface area (Å²) in [6, 6.07) is 12.6. The lowest BCUT2D eigenvalue weighted by Crippen LogP contribution is -2.44. The van der Waals surface area contributed by atoms with Crippen molar-refractivity contribution in [1.82, 2.24) is 10.2 Å². The molecule has 0 saturated carbocycles. The van der Waals surface area contributed by atoms with Crippen LogP contribution in [0.2, 0.25) is 5.02 Å². The van der Waals surface area contributed by atoms with E-state index in [0.29, 0.717) is 23.6 Å². The van der Waals surface area contributed by atoms with Crippen LogP contribution in [-0.4, -0.2) is 42.1 Å². The Morgan fingerprint density at radius 1 is 1.13 bits per heavy atom. The van der Waals surface area contributed by atoms with Crippen molar-refractivity contribution in [2.45, 2.75) is 31.9 Å². The summed E-state index contributed by atoms with van der Waals surface area (Å²) in [5.41, 5.74) is -0.222. The normalized spacial score (nSPS) is 18.6. The Kier molecular flexibility index (Phi) is 6.77. The van der Waals surface area contributed by atoms with Crippen LogP contribution in [0.25, 0.3) is 0 Å². The third-order valence-electron chi connectivity index (χ3n) is 4.82. The molecule has 0 bridgehead atoms. The minimum absolute atomic E-state index is 0.0647. The molecule has 3 rings (SSSR count). The number of nitrogens with zero attached hydrogens (tertiary/aromatic N) is 1. The number of benzene rings is 2. The fourth-order valence-corrected chi connectivity index (χ4v) is 3.35. The van der Waals surface area contributed by atoms with Crippen LogP contribution in [-0.2, 0) is 11.2 Å². The predicted molar refractivity (Wildman–Crippen MR) is 107 cm³/mol. The van der Waals surface area contributed by atoms with Gasteiger partial charge in [-0.05, 0) is 49.6 Å². The van der Waals surface area contributed by atoms with Gasteiger partial charge in [0.1, 0.15) is 23.6 Å². The van der Waals surface area contributed by atoms with E-state index in [1.54, 1.807) is 43.3 Å². The molecule has 0 spiro atoms. The first-order chi connectivity index (χ1) is 14.3. The van der Waals surface area contributed by atoms with Crippen LogP contribution in [0.4, 0.5) is 13.6 Å². The second-order valence-electron chi connectivity index (χ2n) is 7.02. The molecule has 1 aliphatic heterocycles. The molecule has 1 atom stereocenters. The number of imide groups is 1. The van der Waals surface area contributed by atoms with Crippen LogP contribution < -0.4 is 14.8 Å². The highest BCUT2D eigenvalue weighted by atomic mass is 35.5. The molecule has 1 heterocycles. The standard InChI is InChI=1S/C21H21ClF2N2O4/c1-21(11-10-14-6-8-15(9-7-14)30-19(23)24)18(27)26(20(28)25-21)12-13-29-17-5-3-2-4-16(17)22/h2-9,19H,10-13H2,1H3,(H,25,28). The van der Waals surface area contributed by atoms with Crippen LogP contribution in [0.5, 0.6) is 11.5 Å². The van der Waals surface area contributed by atoms with E-state index in [1.165, 1.54) is 12.1 Å². The van der Waals surface area contributed by atoms with E-state index in [1.807, 2.05) is 0 Å². The Bertz CT molecular complexity index is 910. The van der Waals surface area contributed by atoms with Gasteiger partial charge in [-0.2, -0.15) is 8.78 Å². The summed E-state index contributed by atoms with van der Waals surface area (Å²) >= 11 is 6.03. The van der Waals surface area contributed by atoms with Gasteiger partial charge in [-0.25, -0.2) is 4.79 Å². The van der Waals surface area contributed by atoms with E-state index in [0.717, 1.165) is 10.5 Å². The van der Waals surface area contributed by atoms with Crippen molar-refractivity contribution in [3.05, 3.63) is 59.1 Å². The lowest BCUT2D eigenvalue weighted by Gasteiger charge is -2.22. The molecule has 160 valence electrons. The summed E-state index contributed by atoms with van der Waals surface area (Å²) < 4.78 is 34.3. The number of halogens is 3. The zero-order chi connectivity index (χ0) is 21.7. The lowest BCUT2D eigenvalue weighted by atomic mass is 9.93. The number of alkyl halides is 2. The van der Waals surface area contributed by atoms with Crippen molar-refractivity contribution in [3.8, 4) is 11.5 Å². The van der Waals surface area contributed by atoms with Crippen molar-refractivity contribution in [3.63, 3.8) is 0 Å². The van der Waals surface area contributed by atoms with Gasteiger partial charge in [-0.3, -0.25) is 9.69 Å². The van der Waals surface area contributed by atoms with Gasteiger partial charge >= 0.3 is 12.6 Å². The molecular formula is C21H21ClF2N2O4. The summed E-state index contributed by atoms with van der Waals surface area (Å²) in [6.45, 7) is -1.01. The molecule has 1 fully saturated rings. The molecule has 1 aliphatic rings. The van der Waals surface area contributed by atoms with Gasteiger partial charge in [0.2, 0.25) is 0 Å². The van der Waals surface area contributed by atoms with Crippen LogP contribution in [0, 0.1) is 0 Å². The number of carbonyl (C=O) groups is 2. The maximum Gasteiger partial charge on any atom is 0.387 e. The first-order valence-corrected chi connectivity index (χ1v) is 9.71. The average molecular weight is 439 g/mol. The van der Waals surface area contributed by atoms with Crippen LogP contribution in [0.1, 0.15) is 18.9 Å². The number of urea groups is 1. The van der Waals surface area contributed by atoms with Crippen molar-refractivity contribution in [2.75, 3.05) is 13.2 Å². The number of rotatable bonds is 9. The fraction of sp³-hybridized carbons (Fsp3) is 0.333. The molecule has 30 heavy (non-hydrogen) atoms. The van der Waals surface area contributed by atoms with E-state index < -0.39 is 18.2 Å². The molecule has 3 amide bonds. The molecule has 9 heteroatoms. The molecule has 6 nitrogen and oxygen atoms in total. The van der Waals surface area contributed by atoms with Crippen molar-refractivity contribution in [2.24, 2.45) is 0 Å². The Labute approximate surface area is 177 Å². The highest BCUT2D eigenvalue weighted by Gasteiger charge is 2.47. The molecule has 1 saturated heterocycles. The average Bonchev–Trinajstić information content (AvgIpc) is 2.92. The van der Waals surface area contributed by atoms with E-state index in [-0.39, 0.29) is 24.8 Å². The first-order valence-electron chi connectivity index (χ1n) is 9.34. The molecule has 0 radical (unpaired) electrons. The molecule has 2 aromatic rings. The zero-order valence-corrected chi connectivity index (χ0v) is 17.0. The minimum atomic E-state index is -2.88. The molecule has 1 unspecified atom stereocenters. The molecule has 0 aromatic heterocycles. The maximum atomic E-state index is 12.8. The van der Waals surface area contributed by atoms with Gasteiger partial charge in [0.15, 0.2) is 0 Å². The highest BCUT2D eigenvalue weighted by Crippen LogP contribution is 2.26. The molecule has 2 aromatic carbocycles. The zero-order valence-electron chi connectivity index (χ0n) is 16.2. The van der Waals surface area contributed by atoms with E-state index >= 15 is 0 Å². The fourth-order valence-electron chi connectivity index (χ4n) is 3.16. The van der Waals surface area contributed by atoms with Gasteiger partial charge in [0.25, 0.3) is 5.91 Å². The quantitative estimate of drug-likeness (QED) is 0.594. The number of aryl methyl sites for hydroxylation is 1. The van der Waals surface area contributed by atoms with Crippen LogP contribution in [0.15, 0.2) is 48.5 Å². The van der Waals surface area contributed by atoms with Gasteiger partial charge in [-0.1, -0.05) is 35.9 Å². The van der Waals surface area contributed by atoms with Gasteiger partial charge in [-0.15, -0.1) is 0 Å². The highest BCUT2D eigenvalue weighted by molar-refractivity contribution is 6.32. The second kappa shape index (κ2) is 9.30. The third kappa shape index (κ3) is 5.18. The van der Waals surface area contributed by atoms with Gasteiger partial charge in [0, 0.05) is 0 Å². The number of amides is 3. The van der Waals surface area contributed by atoms with E-state index in [2.05, 4.69) is 10.1 Å². The second-order valence-corrected chi connectivity index (χ2v) is 7.43. The van der Waals surface area contributed by atoms with Crippen molar-refractivity contribution >= 4 is 23.5 Å². The minimum Gasteiger partial charge on any atom is -0.490 e. The number of hydrogen-bond donors (Lipinski definition) is 1. The number of para-hydroxylation sites is 1. The molecule has 0 aliphatic carbocycles. The lowest BCUT2D eigenvalue weighted by molar-refractivity contribution is -0.131. The molecular weight excluding hydrogens is 418 g/mol. The van der Waals surface area contributed by atoms with Gasteiger partial charge in [0.05, 0.1) is 11.6 Å². The van der Waals surface area contributed by atoms with Gasteiger partial charge < -0.3 is 14.8 Å². The SMILES string of the molecule is CC1(CCc2ccc(OC(F)F)cc2)NC(=O)N(CCOc2ccccc2Cl)C1=O. The summed E-state index contributed by atoms with van der Waals surface area (Å²) in [6.07, 6.45) is 0.829. The third-order valence-corrected chi connectivity index (χ3v) is 5.13. The largest absolute Gasteiger partial charge is 0.490 e. The number of nitrogens with one attached hydrogen (secondary N) is 1. The topological polar surface area (TPSA) is 67.9 Å². The predicted octanol–water partition coefficient (Wildman–Crippen LogP) is 4.26. The maximum absolute atomic E-state index is 12.8. The summed E-state index contributed by atoms with van der Waals surface area (Å²) in [5.74, 6) is 0.205. The van der Waals surface area contributed by atoms with E-state index in [9.17, 15) is 18.4 Å².